The van der Waals surface area contributed by atoms with Gasteiger partial charge in [-0.15, -0.1) is 0 Å². The number of hydrogen-bond acceptors (Lipinski definition) is 2. The number of likely N-dealkylation sites (tertiary alicyclic amines) is 1. The largest absolute Gasteiger partial charge is 0.342 e. The smallest absolute Gasteiger partial charge is 0.226 e. The summed E-state index contributed by atoms with van der Waals surface area (Å²) >= 11 is 0. The number of carbonyl (C=O) groups is 1. The second kappa shape index (κ2) is 4.97. The average Bonchev–Trinajstić information content (AvgIpc) is 2.95. The van der Waals surface area contributed by atoms with Gasteiger partial charge >= 0.3 is 0 Å². The third-order valence-corrected chi connectivity index (χ3v) is 5.00. The predicted molar refractivity (Wildman–Crippen MR) is 69.5 cm³/mol. The highest BCUT2D eigenvalue weighted by atomic mass is 16.2. The van der Waals surface area contributed by atoms with Crippen LogP contribution in [0.5, 0.6) is 0 Å². The highest BCUT2D eigenvalue weighted by Gasteiger charge is 2.40. The van der Waals surface area contributed by atoms with Crippen LogP contribution in [0.1, 0.15) is 46.0 Å². The minimum Gasteiger partial charge on any atom is -0.342 e. The van der Waals surface area contributed by atoms with Gasteiger partial charge in [0.25, 0.3) is 0 Å². The van der Waals surface area contributed by atoms with Crippen LogP contribution in [-0.4, -0.2) is 30.4 Å². The molecule has 3 heteroatoms. The van der Waals surface area contributed by atoms with E-state index in [9.17, 15) is 4.79 Å². The van der Waals surface area contributed by atoms with Crippen LogP contribution in [-0.2, 0) is 4.79 Å². The molecule has 0 aromatic rings. The third-order valence-electron chi connectivity index (χ3n) is 5.00. The molecular weight excluding hydrogens is 212 g/mol. The van der Waals surface area contributed by atoms with E-state index >= 15 is 0 Å². The van der Waals surface area contributed by atoms with Crippen molar-refractivity contribution in [2.75, 3.05) is 19.6 Å². The Morgan fingerprint density at radius 1 is 1.47 bits per heavy atom. The van der Waals surface area contributed by atoms with Crippen LogP contribution in [0.4, 0.5) is 0 Å². The molecule has 3 nitrogen and oxygen atoms in total. The molecule has 1 unspecified atom stereocenters. The van der Waals surface area contributed by atoms with Crippen LogP contribution in [0.3, 0.4) is 0 Å². The van der Waals surface area contributed by atoms with Crippen LogP contribution in [0.25, 0.3) is 0 Å². The molecule has 0 radical (unpaired) electrons. The maximum absolute atomic E-state index is 12.5. The zero-order valence-electron chi connectivity index (χ0n) is 11.2. The SMILES string of the molecule is CCC1(C)CCN(C(=O)[C@@H]2CCC[C@@H]2CN)C1. The van der Waals surface area contributed by atoms with Gasteiger partial charge in [0.1, 0.15) is 0 Å². The van der Waals surface area contributed by atoms with Gasteiger partial charge in [-0.25, -0.2) is 0 Å². The molecule has 1 heterocycles. The lowest BCUT2D eigenvalue weighted by Crippen LogP contribution is -2.38. The van der Waals surface area contributed by atoms with Gasteiger partial charge in [-0.1, -0.05) is 20.3 Å². The fourth-order valence-corrected chi connectivity index (χ4v) is 3.38. The monoisotopic (exact) mass is 238 g/mol. The predicted octanol–water partition coefficient (Wildman–Crippen LogP) is 2.01. The van der Waals surface area contributed by atoms with Crippen molar-refractivity contribution in [1.29, 1.82) is 0 Å². The normalized spacial score (nSPS) is 37.7. The van der Waals surface area contributed by atoms with E-state index in [0.717, 1.165) is 32.4 Å². The van der Waals surface area contributed by atoms with Crippen molar-refractivity contribution in [3.8, 4) is 0 Å². The van der Waals surface area contributed by atoms with E-state index < -0.39 is 0 Å². The van der Waals surface area contributed by atoms with Crippen molar-refractivity contribution in [2.24, 2.45) is 23.0 Å². The van der Waals surface area contributed by atoms with E-state index in [0.29, 0.717) is 23.8 Å². The van der Waals surface area contributed by atoms with Crippen LogP contribution in [0.15, 0.2) is 0 Å². The van der Waals surface area contributed by atoms with Crippen molar-refractivity contribution in [3.05, 3.63) is 0 Å². The van der Waals surface area contributed by atoms with E-state index in [4.69, 9.17) is 5.73 Å². The molecule has 2 N–H and O–H groups in total. The third kappa shape index (κ3) is 2.49. The molecule has 3 atom stereocenters. The molecule has 1 amide bonds. The Kier molecular flexibility index (Phi) is 3.76. The molecule has 1 saturated carbocycles. The highest BCUT2D eigenvalue weighted by Crippen LogP contribution is 2.37. The van der Waals surface area contributed by atoms with E-state index in [1.54, 1.807) is 0 Å². The Hall–Kier alpha value is -0.570. The maximum atomic E-state index is 12.5. The number of hydrogen-bond donors (Lipinski definition) is 1. The zero-order valence-corrected chi connectivity index (χ0v) is 11.2. The lowest BCUT2D eigenvalue weighted by atomic mass is 9.87. The minimum atomic E-state index is 0.221. The lowest BCUT2D eigenvalue weighted by Gasteiger charge is -2.26. The first-order chi connectivity index (χ1) is 8.09. The Morgan fingerprint density at radius 2 is 2.24 bits per heavy atom. The van der Waals surface area contributed by atoms with Gasteiger partial charge in [-0.3, -0.25) is 4.79 Å². The summed E-state index contributed by atoms with van der Waals surface area (Å²) in [4.78, 5) is 14.6. The Balaban J connectivity index is 1.97. The molecule has 0 spiro atoms. The summed E-state index contributed by atoms with van der Waals surface area (Å²) in [5, 5.41) is 0. The van der Waals surface area contributed by atoms with Crippen LogP contribution in [0.2, 0.25) is 0 Å². The number of nitrogens with zero attached hydrogens (tertiary/aromatic N) is 1. The molecule has 98 valence electrons. The lowest BCUT2D eigenvalue weighted by molar-refractivity contribution is -0.135. The van der Waals surface area contributed by atoms with E-state index in [-0.39, 0.29) is 5.92 Å². The summed E-state index contributed by atoms with van der Waals surface area (Å²) in [6.07, 6.45) is 5.71. The van der Waals surface area contributed by atoms with Crippen LogP contribution >= 0.6 is 0 Å². The summed E-state index contributed by atoms with van der Waals surface area (Å²) in [5.41, 5.74) is 6.12. The standard InChI is InChI=1S/C14H26N2O/c1-3-14(2)7-8-16(10-14)13(17)12-6-4-5-11(12)9-15/h11-12H,3-10,15H2,1-2H3/t11-,12-,14?/m1/s1. The van der Waals surface area contributed by atoms with E-state index in [1.807, 2.05) is 0 Å². The number of amides is 1. The van der Waals surface area contributed by atoms with Crippen molar-refractivity contribution in [1.82, 2.24) is 4.90 Å². The van der Waals surface area contributed by atoms with Gasteiger partial charge in [0.15, 0.2) is 0 Å². The van der Waals surface area contributed by atoms with Crippen molar-refractivity contribution in [2.45, 2.75) is 46.0 Å². The number of carbonyl (C=O) groups excluding carboxylic acids is 1. The van der Waals surface area contributed by atoms with Crippen molar-refractivity contribution < 1.29 is 4.79 Å². The molecule has 0 bridgehead atoms. The zero-order chi connectivity index (χ0) is 12.5. The van der Waals surface area contributed by atoms with Crippen molar-refractivity contribution in [3.63, 3.8) is 0 Å². The number of nitrogens with two attached hydrogens (primary N) is 1. The second-order valence-electron chi connectivity index (χ2n) is 6.21. The second-order valence-corrected chi connectivity index (χ2v) is 6.21. The molecule has 17 heavy (non-hydrogen) atoms. The fourth-order valence-electron chi connectivity index (χ4n) is 3.38. The molecule has 1 aliphatic carbocycles. The molecular formula is C14H26N2O. The number of rotatable bonds is 3. The summed E-state index contributed by atoms with van der Waals surface area (Å²) in [7, 11) is 0. The first-order valence-corrected chi connectivity index (χ1v) is 7.08. The van der Waals surface area contributed by atoms with Gasteiger partial charge in [0, 0.05) is 19.0 Å². The molecule has 2 aliphatic rings. The quantitative estimate of drug-likeness (QED) is 0.817. The first-order valence-electron chi connectivity index (χ1n) is 7.08. The van der Waals surface area contributed by atoms with Gasteiger partial charge in [-0.05, 0) is 43.6 Å². The van der Waals surface area contributed by atoms with Crippen LogP contribution < -0.4 is 5.73 Å². The summed E-state index contributed by atoms with van der Waals surface area (Å²) in [6, 6.07) is 0. The van der Waals surface area contributed by atoms with Gasteiger partial charge in [0.2, 0.25) is 5.91 Å². The van der Waals surface area contributed by atoms with Gasteiger partial charge in [0.05, 0.1) is 0 Å². The summed E-state index contributed by atoms with van der Waals surface area (Å²) < 4.78 is 0. The Labute approximate surface area is 105 Å². The Bertz CT molecular complexity index is 292. The fraction of sp³-hybridized carbons (Fsp3) is 0.929. The highest BCUT2D eigenvalue weighted by molar-refractivity contribution is 5.79. The van der Waals surface area contributed by atoms with Gasteiger partial charge in [-0.2, -0.15) is 0 Å². The first kappa shape index (κ1) is 12.9. The molecule has 2 rings (SSSR count). The molecule has 0 aromatic carbocycles. The molecule has 2 fully saturated rings. The molecule has 0 aromatic heterocycles. The Morgan fingerprint density at radius 3 is 2.82 bits per heavy atom. The van der Waals surface area contributed by atoms with E-state index in [2.05, 4.69) is 18.7 Å². The topological polar surface area (TPSA) is 46.3 Å². The van der Waals surface area contributed by atoms with Gasteiger partial charge < -0.3 is 10.6 Å². The van der Waals surface area contributed by atoms with Crippen molar-refractivity contribution >= 4 is 5.91 Å². The summed E-state index contributed by atoms with van der Waals surface area (Å²) in [5.74, 6) is 1.05. The molecule has 1 saturated heterocycles. The maximum Gasteiger partial charge on any atom is 0.226 e. The minimum absolute atomic E-state index is 0.221. The van der Waals surface area contributed by atoms with E-state index in [1.165, 1.54) is 12.8 Å². The average molecular weight is 238 g/mol. The van der Waals surface area contributed by atoms with Crippen LogP contribution in [0, 0.1) is 17.3 Å². The molecule has 1 aliphatic heterocycles. The summed E-state index contributed by atoms with van der Waals surface area (Å²) in [6.45, 7) is 7.12.